The van der Waals surface area contributed by atoms with Gasteiger partial charge < -0.3 is 15.5 Å². The van der Waals surface area contributed by atoms with Gasteiger partial charge in [0.05, 0.1) is 0 Å². The molecule has 23 heavy (non-hydrogen) atoms. The molecule has 5 nitrogen and oxygen atoms in total. The Morgan fingerprint density at radius 3 is 2.13 bits per heavy atom. The molecule has 3 amide bonds. The second kappa shape index (κ2) is 6.96. The summed E-state index contributed by atoms with van der Waals surface area (Å²) < 4.78 is 0. The van der Waals surface area contributed by atoms with Crippen molar-refractivity contribution >= 4 is 23.3 Å². The van der Waals surface area contributed by atoms with Crippen LogP contribution in [0.1, 0.15) is 21.5 Å². The van der Waals surface area contributed by atoms with Crippen molar-refractivity contribution in [2.24, 2.45) is 0 Å². The summed E-state index contributed by atoms with van der Waals surface area (Å²) in [7, 11) is 3.38. The molecule has 0 aliphatic rings. The Morgan fingerprint density at radius 1 is 0.870 bits per heavy atom. The number of hydrogen-bond acceptors (Lipinski definition) is 2. The van der Waals surface area contributed by atoms with Crippen LogP contribution in [0.2, 0.25) is 0 Å². The summed E-state index contributed by atoms with van der Waals surface area (Å²) in [4.78, 5) is 25.5. The molecule has 0 saturated heterocycles. The van der Waals surface area contributed by atoms with E-state index in [4.69, 9.17) is 0 Å². The highest BCUT2D eigenvalue weighted by Crippen LogP contribution is 2.16. The number of nitrogens with one attached hydrogen (secondary N) is 2. The monoisotopic (exact) mass is 311 g/mol. The minimum atomic E-state index is -0.345. The van der Waals surface area contributed by atoms with E-state index in [2.05, 4.69) is 10.6 Å². The summed E-state index contributed by atoms with van der Waals surface area (Å²) in [6.45, 7) is 4.02. The van der Waals surface area contributed by atoms with Crippen LogP contribution in [-0.2, 0) is 0 Å². The molecule has 0 atom stereocenters. The largest absolute Gasteiger partial charge is 0.345 e. The zero-order chi connectivity index (χ0) is 17.0. The van der Waals surface area contributed by atoms with Gasteiger partial charge in [0.2, 0.25) is 0 Å². The maximum Gasteiger partial charge on any atom is 0.323 e. The van der Waals surface area contributed by atoms with E-state index in [0.29, 0.717) is 11.3 Å². The summed E-state index contributed by atoms with van der Waals surface area (Å²) in [5.41, 5.74) is 4.11. The van der Waals surface area contributed by atoms with E-state index in [1.807, 2.05) is 32.0 Å². The van der Waals surface area contributed by atoms with Crippen LogP contribution in [0.4, 0.5) is 16.2 Å². The van der Waals surface area contributed by atoms with Gasteiger partial charge in [-0.1, -0.05) is 12.1 Å². The van der Waals surface area contributed by atoms with Crippen LogP contribution in [0.25, 0.3) is 0 Å². The van der Waals surface area contributed by atoms with Crippen LogP contribution in [0, 0.1) is 13.8 Å². The Kier molecular flexibility index (Phi) is 5.01. The van der Waals surface area contributed by atoms with Crippen LogP contribution in [0.3, 0.4) is 0 Å². The lowest BCUT2D eigenvalue weighted by molar-refractivity contribution is 0.0827. The Morgan fingerprint density at radius 2 is 1.52 bits per heavy atom. The normalized spacial score (nSPS) is 10.1. The van der Waals surface area contributed by atoms with Gasteiger partial charge in [0, 0.05) is 31.0 Å². The highest BCUT2D eigenvalue weighted by molar-refractivity contribution is 6.01. The average Bonchev–Trinajstić information content (AvgIpc) is 2.50. The number of benzene rings is 2. The number of carbonyl (C=O) groups excluding carboxylic acids is 2. The standard InChI is InChI=1S/C18H21N3O2/c1-12-8-9-16(10-13(12)2)20-18(23)19-15-7-5-6-14(11-15)17(22)21(3)4/h5-11H,1-4H3,(H2,19,20,23). The van der Waals surface area contributed by atoms with Crippen molar-refractivity contribution < 1.29 is 9.59 Å². The van der Waals surface area contributed by atoms with Gasteiger partial charge in [-0.3, -0.25) is 4.79 Å². The smallest absolute Gasteiger partial charge is 0.323 e. The quantitative estimate of drug-likeness (QED) is 0.909. The molecule has 0 spiro atoms. The van der Waals surface area contributed by atoms with Crippen LogP contribution in [-0.4, -0.2) is 30.9 Å². The average molecular weight is 311 g/mol. The highest BCUT2D eigenvalue weighted by atomic mass is 16.2. The molecule has 0 saturated carbocycles. The molecule has 0 unspecified atom stereocenters. The number of rotatable bonds is 3. The summed E-state index contributed by atoms with van der Waals surface area (Å²) in [6, 6.07) is 12.2. The molecule has 0 radical (unpaired) electrons. The molecule has 2 aromatic carbocycles. The Hall–Kier alpha value is -2.82. The van der Waals surface area contributed by atoms with Gasteiger partial charge in [0.25, 0.3) is 5.91 Å². The van der Waals surface area contributed by atoms with Crippen molar-refractivity contribution in [3.63, 3.8) is 0 Å². The molecular formula is C18H21N3O2. The van der Waals surface area contributed by atoms with Gasteiger partial charge in [-0.15, -0.1) is 0 Å². The highest BCUT2D eigenvalue weighted by Gasteiger charge is 2.09. The maximum atomic E-state index is 12.1. The third kappa shape index (κ3) is 4.32. The Balaban J connectivity index is 2.06. The van der Waals surface area contributed by atoms with E-state index in [-0.39, 0.29) is 11.9 Å². The van der Waals surface area contributed by atoms with Gasteiger partial charge in [0.15, 0.2) is 0 Å². The first kappa shape index (κ1) is 16.5. The van der Waals surface area contributed by atoms with Crippen LogP contribution in [0.5, 0.6) is 0 Å². The first-order valence-electron chi connectivity index (χ1n) is 7.34. The lowest BCUT2D eigenvalue weighted by Crippen LogP contribution is -2.22. The van der Waals surface area contributed by atoms with Crippen LogP contribution < -0.4 is 10.6 Å². The number of urea groups is 1. The molecule has 0 fully saturated rings. The minimum absolute atomic E-state index is 0.108. The fourth-order valence-corrected chi connectivity index (χ4v) is 2.10. The fraction of sp³-hybridized carbons (Fsp3) is 0.222. The molecular weight excluding hydrogens is 290 g/mol. The molecule has 2 aromatic rings. The summed E-state index contributed by atoms with van der Waals surface area (Å²) in [6.07, 6.45) is 0. The number of amides is 3. The van der Waals surface area contributed by atoms with E-state index in [9.17, 15) is 9.59 Å². The van der Waals surface area contributed by atoms with E-state index in [0.717, 1.165) is 11.3 Å². The summed E-state index contributed by atoms with van der Waals surface area (Å²) in [5.74, 6) is -0.108. The van der Waals surface area contributed by atoms with Gasteiger partial charge in [-0.05, 0) is 55.3 Å². The predicted molar refractivity (Wildman–Crippen MR) is 93.0 cm³/mol. The predicted octanol–water partition coefficient (Wildman–Crippen LogP) is 3.65. The fourth-order valence-electron chi connectivity index (χ4n) is 2.10. The van der Waals surface area contributed by atoms with Gasteiger partial charge >= 0.3 is 6.03 Å². The summed E-state index contributed by atoms with van der Waals surface area (Å²) >= 11 is 0. The van der Waals surface area contributed by atoms with Gasteiger partial charge in [-0.2, -0.15) is 0 Å². The number of nitrogens with zero attached hydrogens (tertiary/aromatic N) is 1. The molecule has 0 bridgehead atoms. The van der Waals surface area contributed by atoms with E-state index in [1.54, 1.807) is 38.4 Å². The summed E-state index contributed by atoms with van der Waals surface area (Å²) in [5, 5.41) is 5.52. The zero-order valence-corrected chi connectivity index (χ0v) is 13.8. The molecule has 5 heteroatoms. The lowest BCUT2D eigenvalue weighted by atomic mass is 10.1. The second-order valence-corrected chi connectivity index (χ2v) is 5.66. The van der Waals surface area contributed by atoms with E-state index in [1.165, 1.54) is 10.5 Å². The van der Waals surface area contributed by atoms with Crippen molar-refractivity contribution in [2.45, 2.75) is 13.8 Å². The van der Waals surface area contributed by atoms with Crippen molar-refractivity contribution in [3.05, 3.63) is 59.2 Å². The van der Waals surface area contributed by atoms with Crippen molar-refractivity contribution in [2.75, 3.05) is 24.7 Å². The third-order valence-electron chi connectivity index (χ3n) is 3.54. The lowest BCUT2D eigenvalue weighted by Gasteiger charge is -2.12. The number of carbonyl (C=O) groups is 2. The molecule has 120 valence electrons. The minimum Gasteiger partial charge on any atom is -0.345 e. The SMILES string of the molecule is Cc1ccc(NC(=O)Nc2cccc(C(=O)N(C)C)c2)cc1C. The molecule has 0 aromatic heterocycles. The van der Waals surface area contributed by atoms with Crippen LogP contribution >= 0.6 is 0 Å². The molecule has 0 heterocycles. The Labute approximate surface area is 136 Å². The van der Waals surface area contributed by atoms with Crippen LogP contribution in [0.15, 0.2) is 42.5 Å². The van der Waals surface area contributed by atoms with Gasteiger partial charge in [-0.25, -0.2) is 4.79 Å². The molecule has 2 rings (SSSR count). The van der Waals surface area contributed by atoms with Gasteiger partial charge in [0.1, 0.15) is 0 Å². The first-order valence-corrected chi connectivity index (χ1v) is 7.34. The van der Waals surface area contributed by atoms with E-state index >= 15 is 0 Å². The molecule has 0 aliphatic heterocycles. The van der Waals surface area contributed by atoms with Crippen molar-refractivity contribution in [1.82, 2.24) is 4.90 Å². The topological polar surface area (TPSA) is 61.4 Å². The van der Waals surface area contributed by atoms with Crippen molar-refractivity contribution in [3.8, 4) is 0 Å². The Bertz CT molecular complexity index is 739. The zero-order valence-electron chi connectivity index (χ0n) is 13.8. The van der Waals surface area contributed by atoms with E-state index < -0.39 is 0 Å². The number of aryl methyl sites for hydroxylation is 2. The first-order chi connectivity index (χ1) is 10.9. The maximum absolute atomic E-state index is 12.1. The second-order valence-electron chi connectivity index (χ2n) is 5.66. The van der Waals surface area contributed by atoms with Crippen molar-refractivity contribution in [1.29, 1.82) is 0 Å². The number of anilines is 2. The number of hydrogen-bond donors (Lipinski definition) is 2. The third-order valence-corrected chi connectivity index (χ3v) is 3.54. The molecule has 0 aliphatic carbocycles. The molecule has 2 N–H and O–H groups in total.